The van der Waals surface area contributed by atoms with Gasteiger partial charge in [-0.05, 0) is 30.5 Å². The fourth-order valence-electron chi connectivity index (χ4n) is 3.63. The van der Waals surface area contributed by atoms with Crippen molar-refractivity contribution in [3.05, 3.63) is 83.4 Å². The van der Waals surface area contributed by atoms with Crippen LogP contribution in [-0.2, 0) is 6.54 Å². The molecule has 4 rings (SSSR count). The summed E-state index contributed by atoms with van der Waals surface area (Å²) in [6.45, 7) is 1.38. The summed E-state index contributed by atoms with van der Waals surface area (Å²) in [4.78, 5) is 27.3. The standard InChI is InChI=1S/C22H21FN4O2/c23-19-10-8-16(9-11-19)13-27-15-20(24-25-27)22(29)26-12-4-7-18(14-26)21(28)17-5-2-1-3-6-17/h1-3,5-6,8-11,15,18H,4,7,12-14H2/t18-/m0/s1. The molecule has 1 aliphatic rings. The maximum Gasteiger partial charge on any atom is 0.276 e. The zero-order valence-electron chi connectivity index (χ0n) is 15.9. The molecule has 3 aromatic rings. The molecule has 1 amide bonds. The fourth-order valence-corrected chi connectivity index (χ4v) is 3.63. The Bertz CT molecular complexity index is 1000. The van der Waals surface area contributed by atoms with Crippen LogP contribution in [-0.4, -0.2) is 44.7 Å². The van der Waals surface area contributed by atoms with E-state index in [1.54, 1.807) is 27.9 Å². The van der Waals surface area contributed by atoms with Crippen LogP contribution in [0.5, 0.6) is 0 Å². The van der Waals surface area contributed by atoms with E-state index < -0.39 is 0 Å². The molecule has 6 nitrogen and oxygen atoms in total. The van der Waals surface area contributed by atoms with Gasteiger partial charge in [0.05, 0.1) is 12.7 Å². The minimum atomic E-state index is -0.298. The third-order valence-electron chi connectivity index (χ3n) is 5.15. The van der Waals surface area contributed by atoms with Gasteiger partial charge in [0.25, 0.3) is 5.91 Å². The van der Waals surface area contributed by atoms with E-state index in [0.29, 0.717) is 25.2 Å². The van der Waals surface area contributed by atoms with Crippen LogP contribution in [0.15, 0.2) is 60.8 Å². The predicted octanol–water partition coefficient (Wildman–Crippen LogP) is 3.20. The van der Waals surface area contributed by atoms with Crippen LogP contribution in [0.3, 0.4) is 0 Å². The highest BCUT2D eigenvalue weighted by molar-refractivity contribution is 5.99. The van der Waals surface area contributed by atoms with E-state index in [1.807, 2.05) is 30.3 Å². The lowest BCUT2D eigenvalue weighted by molar-refractivity contribution is 0.0632. The van der Waals surface area contributed by atoms with Crippen molar-refractivity contribution in [3.8, 4) is 0 Å². The first-order valence-electron chi connectivity index (χ1n) is 9.63. The van der Waals surface area contributed by atoms with Gasteiger partial charge in [0.1, 0.15) is 5.82 Å². The number of carbonyl (C=O) groups excluding carboxylic acids is 2. The van der Waals surface area contributed by atoms with Gasteiger partial charge < -0.3 is 4.90 Å². The van der Waals surface area contributed by atoms with Gasteiger partial charge in [-0.25, -0.2) is 9.07 Å². The molecule has 1 aromatic heterocycles. The van der Waals surface area contributed by atoms with Crippen LogP contribution in [0.2, 0.25) is 0 Å². The first-order chi connectivity index (χ1) is 14.1. The summed E-state index contributed by atoms with van der Waals surface area (Å²) in [5.41, 5.74) is 1.79. The van der Waals surface area contributed by atoms with Gasteiger partial charge in [-0.1, -0.05) is 47.7 Å². The Kier molecular flexibility index (Phi) is 5.46. The maximum absolute atomic E-state index is 13.0. The van der Waals surface area contributed by atoms with Crippen molar-refractivity contribution in [2.24, 2.45) is 5.92 Å². The van der Waals surface area contributed by atoms with Crippen molar-refractivity contribution in [1.82, 2.24) is 19.9 Å². The maximum atomic E-state index is 13.0. The van der Waals surface area contributed by atoms with Crippen LogP contribution < -0.4 is 0 Å². The summed E-state index contributed by atoms with van der Waals surface area (Å²) < 4.78 is 14.6. The van der Waals surface area contributed by atoms with Crippen molar-refractivity contribution in [2.75, 3.05) is 13.1 Å². The number of piperidine rings is 1. The monoisotopic (exact) mass is 392 g/mol. The first-order valence-corrected chi connectivity index (χ1v) is 9.63. The molecule has 1 fully saturated rings. The summed E-state index contributed by atoms with van der Waals surface area (Å²) in [5, 5.41) is 8.01. The van der Waals surface area contributed by atoms with Gasteiger partial charge in [-0.2, -0.15) is 0 Å². The van der Waals surface area contributed by atoms with Crippen molar-refractivity contribution in [3.63, 3.8) is 0 Å². The topological polar surface area (TPSA) is 68.1 Å². The molecule has 1 aliphatic heterocycles. The molecule has 0 radical (unpaired) electrons. The lowest BCUT2D eigenvalue weighted by atomic mass is 9.90. The van der Waals surface area contributed by atoms with Gasteiger partial charge in [0.15, 0.2) is 11.5 Å². The molecule has 7 heteroatoms. The number of nitrogens with zero attached hydrogens (tertiary/aromatic N) is 4. The number of carbonyl (C=O) groups is 2. The number of ketones is 1. The first kappa shape index (κ1) is 19.0. The zero-order chi connectivity index (χ0) is 20.2. The molecular formula is C22H21FN4O2. The van der Waals surface area contributed by atoms with Gasteiger partial charge in [0.2, 0.25) is 0 Å². The Balaban J connectivity index is 1.42. The molecule has 2 heterocycles. The summed E-state index contributed by atoms with van der Waals surface area (Å²) in [6, 6.07) is 15.3. The largest absolute Gasteiger partial charge is 0.336 e. The SMILES string of the molecule is O=C(c1ccccc1)[C@H]1CCCN(C(=O)c2cn(Cc3ccc(F)cc3)nn2)C1. The number of hydrogen-bond donors (Lipinski definition) is 0. The number of amides is 1. The van der Waals surface area contributed by atoms with E-state index >= 15 is 0 Å². The Morgan fingerprint density at radius 1 is 1.07 bits per heavy atom. The van der Waals surface area contributed by atoms with Crippen LogP contribution in [0.25, 0.3) is 0 Å². The molecule has 0 unspecified atom stereocenters. The molecule has 0 N–H and O–H groups in total. The summed E-state index contributed by atoms with van der Waals surface area (Å²) in [7, 11) is 0. The van der Waals surface area contributed by atoms with Crippen LogP contribution >= 0.6 is 0 Å². The quantitative estimate of drug-likeness (QED) is 0.626. The molecule has 0 bridgehead atoms. The highest BCUT2D eigenvalue weighted by Crippen LogP contribution is 2.22. The fraction of sp³-hybridized carbons (Fsp3) is 0.273. The molecule has 1 atom stereocenters. The van der Waals surface area contributed by atoms with E-state index in [0.717, 1.165) is 18.4 Å². The lowest BCUT2D eigenvalue weighted by Crippen LogP contribution is -2.42. The third-order valence-corrected chi connectivity index (χ3v) is 5.15. The summed E-state index contributed by atoms with van der Waals surface area (Å²) >= 11 is 0. The van der Waals surface area contributed by atoms with Crippen molar-refractivity contribution in [2.45, 2.75) is 19.4 Å². The van der Waals surface area contributed by atoms with E-state index in [4.69, 9.17) is 0 Å². The average molecular weight is 392 g/mol. The van der Waals surface area contributed by atoms with Crippen molar-refractivity contribution < 1.29 is 14.0 Å². The second kappa shape index (κ2) is 8.34. The van der Waals surface area contributed by atoms with Gasteiger partial charge in [-0.15, -0.1) is 5.10 Å². The zero-order valence-corrected chi connectivity index (χ0v) is 15.9. The molecule has 0 saturated carbocycles. The molecule has 0 aliphatic carbocycles. The van der Waals surface area contributed by atoms with Crippen molar-refractivity contribution in [1.29, 1.82) is 0 Å². The Morgan fingerprint density at radius 2 is 1.83 bits per heavy atom. The number of hydrogen-bond acceptors (Lipinski definition) is 4. The summed E-state index contributed by atoms with van der Waals surface area (Å²) in [6.07, 6.45) is 3.14. The van der Waals surface area contributed by atoms with E-state index in [2.05, 4.69) is 10.3 Å². The van der Waals surface area contributed by atoms with Gasteiger partial charge >= 0.3 is 0 Å². The Hall–Kier alpha value is -3.35. The normalized spacial score (nSPS) is 16.6. The predicted molar refractivity (Wildman–Crippen MR) is 105 cm³/mol. The van der Waals surface area contributed by atoms with Crippen LogP contribution in [0.4, 0.5) is 4.39 Å². The number of Topliss-reactive ketones (excluding diaryl/α,β-unsaturated/α-hetero) is 1. The van der Waals surface area contributed by atoms with Crippen molar-refractivity contribution >= 4 is 11.7 Å². The van der Waals surface area contributed by atoms with E-state index in [-0.39, 0.29) is 29.1 Å². The Labute approximate surface area is 168 Å². The van der Waals surface area contributed by atoms with Gasteiger partial charge in [0, 0.05) is 24.6 Å². The molecule has 0 spiro atoms. The molecule has 1 saturated heterocycles. The number of benzene rings is 2. The smallest absolute Gasteiger partial charge is 0.276 e. The molecular weight excluding hydrogens is 371 g/mol. The lowest BCUT2D eigenvalue weighted by Gasteiger charge is -2.31. The average Bonchev–Trinajstić information content (AvgIpc) is 3.23. The number of rotatable bonds is 5. The number of aromatic nitrogens is 3. The highest BCUT2D eigenvalue weighted by Gasteiger charge is 2.30. The van der Waals surface area contributed by atoms with Crippen LogP contribution in [0, 0.1) is 11.7 Å². The second-order valence-electron chi connectivity index (χ2n) is 7.25. The molecule has 29 heavy (non-hydrogen) atoms. The van der Waals surface area contributed by atoms with Crippen LogP contribution in [0.1, 0.15) is 39.3 Å². The third kappa shape index (κ3) is 4.39. The van der Waals surface area contributed by atoms with Gasteiger partial charge in [-0.3, -0.25) is 9.59 Å². The van der Waals surface area contributed by atoms with E-state index in [9.17, 15) is 14.0 Å². The molecule has 148 valence electrons. The minimum absolute atomic E-state index is 0.0723. The summed E-state index contributed by atoms with van der Waals surface area (Å²) in [5.74, 6) is -0.652. The Morgan fingerprint density at radius 3 is 2.59 bits per heavy atom. The number of halogens is 1. The van der Waals surface area contributed by atoms with E-state index in [1.165, 1.54) is 12.1 Å². The molecule has 2 aromatic carbocycles. The second-order valence-corrected chi connectivity index (χ2v) is 7.25. The highest BCUT2D eigenvalue weighted by atomic mass is 19.1. The minimum Gasteiger partial charge on any atom is -0.336 e. The number of likely N-dealkylation sites (tertiary alicyclic amines) is 1.